The molecule has 0 bridgehead atoms. The van der Waals surface area contributed by atoms with Crippen LogP contribution in [0.4, 0.5) is 10.1 Å². The van der Waals surface area contributed by atoms with Crippen LogP contribution in [-0.2, 0) is 6.42 Å². The van der Waals surface area contributed by atoms with Gasteiger partial charge in [-0.25, -0.2) is 4.39 Å². The van der Waals surface area contributed by atoms with E-state index in [4.69, 9.17) is 4.74 Å². The van der Waals surface area contributed by atoms with E-state index in [0.29, 0.717) is 12.4 Å². The minimum atomic E-state index is -0.233. The van der Waals surface area contributed by atoms with Crippen LogP contribution in [0, 0.1) is 5.82 Å². The molecule has 5 rings (SSSR count). The van der Waals surface area contributed by atoms with Crippen molar-refractivity contribution in [2.45, 2.75) is 25.3 Å². The number of benzene rings is 3. The number of halogens is 1. The predicted octanol–water partition coefficient (Wildman–Crippen LogP) is 5.16. The standard InChI is InChI=1S/C27H29FN2O2/c28-22-5-7-23(8-6-22)30-16-13-21-19-24(31)9-12-26(21)27(30)20-3-10-25(11-4-20)32-18-17-29-14-1-2-15-29/h3-12,19,27,31H,1-2,13-18H2. The predicted molar refractivity (Wildman–Crippen MR) is 125 cm³/mol. The first-order chi connectivity index (χ1) is 15.7. The molecule has 166 valence electrons. The quantitative estimate of drug-likeness (QED) is 0.584. The lowest BCUT2D eigenvalue weighted by Gasteiger charge is -2.39. The fourth-order valence-corrected chi connectivity index (χ4v) is 4.93. The minimum absolute atomic E-state index is 0.0107. The Balaban J connectivity index is 1.39. The maximum atomic E-state index is 13.5. The highest BCUT2D eigenvalue weighted by atomic mass is 19.1. The van der Waals surface area contributed by atoms with Gasteiger partial charge >= 0.3 is 0 Å². The molecule has 0 radical (unpaired) electrons. The summed E-state index contributed by atoms with van der Waals surface area (Å²) >= 11 is 0. The van der Waals surface area contributed by atoms with Crippen molar-refractivity contribution < 1.29 is 14.2 Å². The highest BCUT2D eigenvalue weighted by molar-refractivity contribution is 5.57. The van der Waals surface area contributed by atoms with Crippen LogP contribution in [0.2, 0.25) is 0 Å². The van der Waals surface area contributed by atoms with Crippen LogP contribution in [0.25, 0.3) is 0 Å². The van der Waals surface area contributed by atoms with Crippen molar-refractivity contribution in [1.82, 2.24) is 4.90 Å². The Bertz CT molecular complexity index is 1050. The molecule has 5 heteroatoms. The van der Waals surface area contributed by atoms with Gasteiger partial charge in [0.1, 0.15) is 23.9 Å². The summed E-state index contributed by atoms with van der Waals surface area (Å²) in [7, 11) is 0. The second-order valence-electron chi connectivity index (χ2n) is 8.67. The summed E-state index contributed by atoms with van der Waals surface area (Å²) in [4.78, 5) is 4.76. The summed E-state index contributed by atoms with van der Waals surface area (Å²) in [6.45, 7) is 4.82. The van der Waals surface area contributed by atoms with Crippen LogP contribution in [0.1, 0.15) is 35.6 Å². The molecular weight excluding hydrogens is 403 g/mol. The maximum absolute atomic E-state index is 13.5. The molecule has 0 amide bonds. The SMILES string of the molecule is Oc1ccc2c(c1)CCN(c1ccc(F)cc1)C2c1ccc(OCCN2CCCC2)cc1. The van der Waals surface area contributed by atoms with E-state index in [-0.39, 0.29) is 11.9 Å². The lowest BCUT2D eigenvalue weighted by atomic mass is 9.87. The van der Waals surface area contributed by atoms with Crippen LogP contribution in [-0.4, -0.2) is 42.8 Å². The van der Waals surface area contributed by atoms with Gasteiger partial charge in [0.25, 0.3) is 0 Å². The molecule has 0 aromatic heterocycles. The summed E-state index contributed by atoms with van der Waals surface area (Å²) in [5.74, 6) is 0.936. The Morgan fingerprint density at radius 1 is 0.906 bits per heavy atom. The van der Waals surface area contributed by atoms with Crippen molar-refractivity contribution in [3.8, 4) is 11.5 Å². The van der Waals surface area contributed by atoms with Gasteiger partial charge in [-0.3, -0.25) is 4.90 Å². The van der Waals surface area contributed by atoms with E-state index < -0.39 is 0 Å². The first kappa shape index (κ1) is 20.8. The van der Waals surface area contributed by atoms with Crippen LogP contribution >= 0.6 is 0 Å². The molecule has 3 aromatic carbocycles. The lowest BCUT2D eigenvalue weighted by molar-refractivity contribution is 0.237. The largest absolute Gasteiger partial charge is 0.508 e. The van der Waals surface area contributed by atoms with E-state index in [9.17, 15) is 9.50 Å². The maximum Gasteiger partial charge on any atom is 0.123 e. The second kappa shape index (κ2) is 9.21. The van der Waals surface area contributed by atoms with Crippen molar-refractivity contribution in [2.75, 3.05) is 37.7 Å². The molecule has 1 saturated heterocycles. The first-order valence-corrected chi connectivity index (χ1v) is 11.5. The van der Waals surface area contributed by atoms with Gasteiger partial charge in [-0.15, -0.1) is 0 Å². The average molecular weight is 433 g/mol. The minimum Gasteiger partial charge on any atom is -0.508 e. The number of phenolic OH excluding ortho intramolecular Hbond substituents is 1. The lowest BCUT2D eigenvalue weighted by Crippen LogP contribution is -2.36. The highest BCUT2D eigenvalue weighted by Crippen LogP contribution is 2.39. The third-order valence-electron chi connectivity index (χ3n) is 6.58. The molecule has 1 fully saturated rings. The Kier molecular flexibility index (Phi) is 5.99. The molecule has 1 atom stereocenters. The van der Waals surface area contributed by atoms with Gasteiger partial charge in [-0.05, 0) is 97.6 Å². The normalized spacial score (nSPS) is 18.5. The van der Waals surface area contributed by atoms with E-state index in [1.54, 1.807) is 6.07 Å². The van der Waals surface area contributed by atoms with E-state index in [1.165, 1.54) is 43.6 Å². The topological polar surface area (TPSA) is 35.9 Å². The van der Waals surface area contributed by atoms with E-state index >= 15 is 0 Å². The van der Waals surface area contributed by atoms with Crippen molar-refractivity contribution in [3.63, 3.8) is 0 Å². The van der Waals surface area contributed by atoms with Crippen LogP contribution in [0.5, 0.6) is 11.5 Å². The van der Waals surface area contributed by atoms with Crippen molar-refractivity contribution >= 4 is 5.69 Å². The summed E-state index contributed by atoms with van der Waals surface area (Å²) < 4.78 is 19.5. The number of ether oxygens (including phenoxy) is 1. The van der Waals surface area contributed by atoms with Gasteiger partial charge in [-0.1, -0.05) is 18.2 Å². The molecule has 2 aliphatic heterocycles. The Labute approximate surface area is 188 Å². The molecule has 1 unspecified atom stereocenters. The van der Waals surface area contributed by atoms with Gasteiger partial charge < -0.3 is 14.7 Å². The van der Waals surface area contributed by atoms with Crippen LogP contribution < -0.4 is 9.64 Å². The number of phenols is 1. The fraction of sp³-hybridized carbons (Fsp3) is 0.333. The molecular formula is C27H29FN2O2. The molecule has 2 aliphatic rings. The third kappa shape index (κ3) is 4.44. The Hall–Kier alpha value is -3.05. The third-order valence-corrected chi connectivity index (χ3v) is 6.58. The van der Waals surface area contributed by atoms with Crippen LogP contribution in [0.15, 0.2) is 66.7 Å². The second-order valence-corrected chi connectivity index (χ2v) is 8.67. The molecule has 4 nitrogen and oxygen atoms in total. The van der Waals surface area contributed by atoms with Crippen molar-refractivity contribution in [2.24, 2.45) is 0 Å². The Morgan fingerprint density at radius 2 is 1.66 bits per heavy atom. The zero-order valence-electron chi connectivity index (χ0n) is 18.2. The summed E-state index contributed by atoms with van der Waals surface area (Å²) in [5, 5.41) is 9.98. The summed E-state index contributed by atoms with van der Waals surface area (Å²) in [6.07, 6.45) is 3.41. The molecule has 0 aliphatic carbocycles. The monoisotopic (exact) mass is 432 g/mol. The number of nitrogens with zero attached hydrogens (tertiary/aromatic N) is 2. The number of hydrogen-bond donors (Lipinski definition) is 1. The van der Waals surface area contributed by atoms with Crippen molar-refractivity contribution in [3.05, 3.63) is 89.2 Å². The van der Waals surface area contributed by atoms with Gasteiger partial charge in [0.15, 0.2) is 0 Å². The van der Waals surface area contributed by atoms with E-state index in [1.807, 2.05) is 36.4 Å². The summed E-state index contributed by atoms with van der Waals surface area (Å²) in [6, 6.07) is 20.6. The number of rotatable bonds is 6. The van der Waals surface area contributed by atoms with E-state index in [2.05, 4.69) is 21.9 Å². The average Bonchev–Trinajstić information content (AvgIpc) is 3.33. The molecule has 2 heterocycles. The number of anilines is 1. The summed E-state index contributed by atoms with van der Waals surface area (Å²) in [5.41, 5.74) is 4.45. The number of likely N-dealkylation sites (tertiary alicyclic amines) is 1. The molecule has 3 aromatic rings. The molecule has 1 N–H and O–H groups in total. The molecule has 32 heavy (non-hydrogen) atoms. The highest BCUT2D eigenvalue weighted by Gasteiger charge is 2.29. The van der Waals surface area contributed by atoms with Gasteiger partial charge in [-0.2, -0.15) is 0 Å². The zero-order chi connectivity index (χ0) is 21.9. The fourth-order valence-electron chi connectivity index (χ4n) is 4.93. The number of fused-ring (bicyclic) bond motifs is 1. The molecule has 0 spiro atoms. The van der Waals surface area contributed by atoms with Gasteiger partial charge in [0, 0.05) is 18.8 Å². The number of hydrogen-bond acceptors (Lipinski definition) is 4. The van der Waals surface area contributed by atoms with Crippen molar-refractivity contribution in [1.29, 1.82) is 0 Å². The van der Waals surface area contributed by atoms with E-state index in [0.717, 1.165) is 42.1 Å². The van der Waals surface area contributed by atoms with Crippen LogP contribution in [0.3, 0.4) is 0 Å². The Morgan fingerprint density at radius 3 is 2.41 bits per heavy atom. The first-order valence-electron chi connectivity index (χ1n) is 11.5. The smallest absolute Gasteiger partial charge is 0.123 e. The van der Waals surface area contributed by atoms with Gasteiger partial charge in [0.05, 0.1) is 6.04 Å². The zero-order valence-corrected chi connectivity index (χ0v) is 18.2. The van der Waals surface area contributed by atoms with Gasteiger partial charge in [0.2, 0.25) is 0 Å². The molecule has 0 saturated carbocycles. The number of aromatic hydroxyl groups is 1.